The molecule has 1 unspecified atom stereocenters. The molecule has 0 saturated carbocycles. The monoisotopic (exact) mass is 251 g/mol. The molecule has 0 aliphatic rings. The lowest BCUT2D eigenvalue weighted by Gasteiger charge is -2.11. The van der Waals surface area contributed by atoms with Gasteiger partial charge in [-0.2, -0.15) is 0 Å². The first-order valence-corrected chi connectivity index (χ1v) is 5.86. The number of halogens is 1. The van der Waals surface area contributed by atoms with Crippen molar-refractivity contribution in [1.29, 1.82) is 0 Å². The minimum Gasteiger partial charge on any atom is -0.343 e. The van der Waals surface area contributed by atoms with E-state index in [1.54, 1.807) is 13.1 Å². The third-order valence-electron chi connectivity index (χ3n) is 2.19. The molecule has 0 spiro atoms. The van der Waals surface area contributed by atoms with E-state index in [4.69, 9.17) is 0 Å². The molecule has 0 aliphatic heterocycles. The predicted octanol–water partition coefficient (Wildman–Crippen LogP) is 2.17. The van der Waals surface area contributed by atoms with E-state index in [9.17, 15) is 9.18 Å². The van der Waals surface area contributed by atoms with Gasteiger partial charge in [0.05, 0.1) is 17.8 Å². The molecule has 0 aromatic carbocycles. The first kappa shape index (κ1) is 11.7. The molecule has 1 N–H and O–H groups in total. The maximum Gasteiger partial charge on any atom is 0.254 e. The first-order valence-electron chi connectivity index (χ1n) is 4.98. The number of rotatable bonds is 3. The quantitative estimate of drug-likeness (QED) is 0.909. The summed E-state index contributed by atoms with van der Waals surface area (Å²) >= 11 is 1.44. The summed E-state index contributed by atoms with van der Waals surface area (Å²) < 4.78 is 13.3. The fourth-order valence-electron chi connectivity index (χ4n) is 1.34. The van der Waals surface area contributed by atoms with Gasteiger partial charge in [-0.3, -0.25) is 9.78 Å². The summed E-state index contributed by atoms with van der Waals surface area (Å²) in [5, 5.41) is 5.29. The summed E-state index contributed by atoms with van der Waals surface area (Å²) in [4.78, 5) is 19.4. The standard InChI is InChI=1S/C11H10FN3OS/c1-7(11-14-4-5-17-11)15-10(16)8-2-3-13-6-9(8)12/h2-7H,1H3,(H,15,16). The molecule has 0 saturated heterocycles. The Hall–Kier alpha value is -1.82. The number of aromatic nitrogens is 2. The average molecular weight is 251 g/mol. The topological polar surface area (TPSA) is 54.9 Å². The Bertz CT molecular complexity index is 515. The fraction of sp³-hybridized carbons (Fsp3) is 0.182. The molecule has 6 heteroatoms. The highest BCUT2D eigenvalue weighted by atomic mass is 32.1. The molecule has 1 amide bonds. The number of thiazole rings is 1. The van der Waals surface area contributed by atoms with Gasteiger partial charge in [0.25, 0.3) is 5.91 Å². The largest absolute Gasteiger partial charge is 0.343 e. The number of pyridine rings is 1. The van der Waals surface area contributed by atoms with Crippen molar-refractivity contribution in [1.82, 2.24) is 15.3 Å². The van der Waals surface area contributed by atoms with Gasteiger partial charge in [0.2, 0.25) is 0 Å². The summed E-state index contributed by atoms with van der Waals surface area (Å²) in [6.45, 7) is 1.80. The highest BCUT2D eigenvalue weighted by molar-refractivity contribution is 7.09. The van der Waals surface area contributed by atoms with Gasteiger partial charge in [-0.05, 0) is 13.0 Å². The van der Waals surface area contributed by atoms with Crippen LogP contribution in [-0.4, -0.2) is 15.9 Å². The number of nitrogens with zero attached hydrogens (tertiary/aromatic N) is 2. The third kappa shape index (κ3) is 2.65. The molecule has 88 valence electrons. The van der Waals surface area contributed by atoms with Crippen molar-refractivity contribution in [2.24, 2.45) is 0 Å². The van der Waals surface area contributed by atoms with Gasteiger partial charge in [-0.15, -0.1) is 11.3 Å². The lowest BCUT2D eigenvalue weighted by Crippen LogP contribution is -2.27. The molecular formula is C11H10FN3OS. The Morgan fingerprint density at radius 2 is 2.35 bits per heavy atom. The lowest BCUT2D eigenvalue weighted by molar-refractivity contribution is 0.0935. The summed E-state index contributed by atoms with van der Waals surface area (Å²) in [5.74, 6) is -1.09. The van der Waals surface area contributed by atoms with Crippen LogP contribution in [0.5, 0.6) is 0 Å². The second kappa shape index (κ2) is 5.01. The van der Waals surface area contributed by atoms with E-state index in [2.05, 4.69) is 15.3 Å². The highest BCUT2D eigenvalue weighted by Gasteiger charge is 2.15. The Morgan fingerprint density at radius 3 is 3.00 bits per heavy atom. The van der Waals surface area contributed by atoms with Crippen LogP contribution in [0, 0.1) is 5.82 Å². The minimum atomic E-state index is -0.628. The number of hydrogen-bond acceptors (Lipinski definition) is 4. The molecule has 2 rings (SSSR count). The van der Waals surface area contributed by atoms with Crippen molar-refractivity contribution < 1.29 is 9.18 Å². The average Bonchev–Trinajstić information content (AvgIpc) is 2.82. The first-order chi connectivity index (χ1) is 8.18. The summed E-state index contributed by atoms with van der Waals surface area (Å²) in [6.07, 6.45) is 4.06. The van der Waals surface area contributed by atoms with Crippen molar-refractivity contribution >= 4 is 17.2 Å². The molecule has 2 aromatic rings. The van der Waals surface area contributed by atoms with Gasteiger partial charge in [0.15, 0.2) is 5.82 Å². The maximum atomic E-state index is 13.3. The zero-order valence-corrected chi connectivity index (χ0v) is 9.87. The molecule has 0 bridgehead atoms. The molecule has 2 heterocycles. The molecule has 1 atom stereocenters. The Balaban J connectivity index is 2.10. The zero-order chi connectivity index (χ0) is 12.3. The van der Waals surface area contributed by atoms with Gasteiger partial charge in [0.1, 0.15) is 5.01 Å². The van der Waals surface area contributed by atoms with Crippen LogP contribution in [0.2, 0.25) is 0 Å². The number of hydrogen-bond donors (Lipinski definition) is 1. The van der Waals surface area contributed by atoms with Crippen LogP contribution in [-0.2, 0) is 0 Å². The smallest absolute Gasteiger partial charge is 0.254 e. The highest BCUT2D eigenvalue weighted by Crippen LogP contribution is 2.15. The molecule has 0 fully saturated rings. The van der Waals surface area contributed by atoms with Crippen LogP contribution in [0.25, 0.3) is 0 Å². The molecule has 0 aliphatic carbocycles. The van der Waals surface area contributed by atoms with Crippen LogP contribution < -0.4 is 5.32 Å². The molecule has 17 heavy (non-hydrogen) atoms. The number of carbonyl (C=O) groups excluding carboxylic acids is 1. The zero-order valence-electron chi connectivity index (χ0n) is 9.05. The summed E-state index contributed by atoms with van der Waals surface area (Å²) in [7, 11) is 0. The van der Waals surface area contributed by atoms with Crippen LogP contribution >= 0.6 is 11.3 Å². The van der Waals surface area contributed by atoms with Gasteiger partial charge in [-0.1, -0.05) is 0 Å². The van der Waals surface area contributed by atoms with Crippen molar-refractivity contribution in [2.45, 2.75) is 13.0 Å². The van der Waals surface area contributed by atoms with Crippen molar-refractivity contribution in [3.63, 3.8) is 0 Å². The normalized spacial score (nSPS) is 12.1. The van der Waals surface area contributed by atoms with Crippen LogP contribution in [0.4, 0.5) is 4.39 Å². The van der Waals surface area contributed by atoms with Gasteiger partial charge in [0, 0.05) is 17.8 Å². The van der Waals surface area contributed by atoms with Crippen LogP contribution in [0.15, 0.2) is 30.0 Å². The van der Waals surface area contributed by atoms with E-state index in [1.165, 1.54) is 23.6 Å². The van der Waals surface area contributed by atoms with Crippen molar-refractivity contribution in [3.8, 4) is 0 Å². The van der Waals surface area contributed by atoms with Crippen LogP contribution in [0.3, 0.4) is 0 Å². The van der Waals surface area contributed by atoms with Crippen LogP contribution in [0.1, 0.15) is 28.3 Å². The molecule has 4 nitrogen and oxygen atoms in total. The molecular weight excluding hydrogens is 241 g/mol. The number of nitrogens with one attached hydrogen (secondary N) is 1. The lowest BCUT2D eigenvalue weighted by atomic mass is 10.2. The van der Waals surface area contributed by atoms with Crippen molar-refractivity contribution in [2.75, 3.05) is 0 Å². The van der Waals surface area contributed by atoms with Crippen molar-refractivity contribution in [3.05, 3.63) is 46.4 Å². The minimum absolute atomic E-state index is 0.0107. The summed E-state index contributed by atoms with van der Waals surface area (Å²) in [6, 6.07) is 1.11. The number of amides is 1. The van der Waals surface area contributed by atoms with E-state index >= 15 is 0 Å². The van der Waals surface area contributed by atoms with Gasteiger partial charge in [-0.25, -0.2) is 9.37 Å². The van der Waals surface area contributed by atoms with Gasteiger partial charge < -0.3 is 5.32 Å². The SMILES string of the molecule is CC(NC(=O)c1ccncc1F)c1nccs1. The fourth-order valence-corrected chi connectivity index (χ4v) is 1.99. The third-order valence-corrected chi connectivity index (χ3v) is 3.14. The van der Waals surface area contributed by atoms with E-state index in [-0.39, 0.29) is 11.6 Å². The van der Waals surface area contributed by atoms with Gasteiger partial charge >= 0.3 is 0 Å². The van der Waals surface area contributed by atoms with E-state index in [1.807, 2.05) is 5.38 Å². The second-order valence-corrected chi connectivity index (χ2v) is 4.35. The molecule has 0 radical (unpaired) electrons. The Labute approximate surface area is 102 Å². The second-order valence-electron chi connectivity index (χ2n) is 3.42. The summed E-state index contributed by atoms with van der Waals surface area (Å²) in [5.41, 5.74) is -0.0107. The van der Waals surface area contributed by atoms with E-state index in [0.717, 1.165) is 11.2 Å². The predicted molar refractivity (Wildman–Crippen MR) is 62.2 cm³/mol. The Kier molecular flexibility index (Phi) is 3.43. The van der Waals surface area contributed by atoms with E-state index < -0.39 is 11.7 Å². The molecule has 2 aromatic heterocycles. The number of carbonyl (C=O) groups is 1. The maximum absolute atomic E-state index is 13.3. The van der Waals surface area contributed by atoms with E-state index in [0.29, 0.717) is 0 Å². The Morgan fingerprint density at radius 1 is 1.53 bits per heavy atom.